The summed E-state index contributed by atoms with van der Waals surface area (Å²) in [6, 6.07) is 9.39. The maximum absolute atomic E-state index is 13.3. The number of hydrogen-bond acceptors (Lipinski definition) is 6. The Morgan fingerprint density at radius 2 is 1.83 bits per heavy atom. The van der Waals surface area contributed by atoms with Gasteiger partial charge >= 0.3 is 0 Å². The predicted molar refractivity (Wildman–Crippen MR) is 135 cm³/mol. The summed E-state index contributed by atoms with van der Waals surface area (Å²) in [5.41, 5.74) is 8.82. The molecule has 35 heavy (non-hydrogen) atoms. The molecular weight excluding hydrogens is 467 g/mol. The molecule has 0 radical (unpaired) electrons. The number of carbonyl (C=O) groups excluding carboxylic acids is 2. The monoisotopic (exact) mass is 494 g/mol. The Bertz CT molecular complexity index is 1360. The summed E-state index contributed by atoms with van der Waals surface area (Å²) in [4.78, 5) is 30.6. The number of rotatable bonds is 8. The molecule has 10 heteroatoms. The number of fused-ring (bicyclic) bond motifs is 1. The molecule has 1 aromatic carbocycles. The van der Waals surface area contributed by atoms with Crippen molar-refractivity contribution in [3.05, 3.63) is 69.8 Å². The quantitative estimate of drug-likeness (QED) is 0.332. The number of hydrogen-bond donors (Lipinski definition) is 3. The Labute approximate surface area is 206 Å². The average Bonchev–Trinajstić information content (AvgIpc) is 3.48. The molecule has 4 rings (SSSR count). The van der Waals surface area contributed by atoms with Crippen molar-refractivity contribution in [2.45, 2.75) is 45.7 Å². The lowest BCUT2D eigenvalue weighted by atomic mass is 10.0. The van der Waals surface area contributed by atoms with Crippen LogP contribution in [-0.2, 0) is 0 Å². The Hall–Kier alpha value is -3.79. The lowest BCUT2D eigenvalue weighted by Crippen LogP contribution is -2.32. The van der Waals surface area contributed by atoms with Crippen LogP contribution in [-0.4, -0.2) is 32.5 Å². The molecule has 0 aliphatic rings. The number of thiophene rings is 1. The van der Waals surface area contributed by atoms with Gasteiger partial charge in [0, 0.05) is 17.8 Å². The van der Waals surface area contributed by atoms with Crippen LogP contribution in [0.2, 0.25) is 0 Å². The molecule has 2 amide bonds. The van der Waals surface area contributed by atoms with Crippen LogP contribution in [0, 0.1) is 5.82 Å². The molecule has 2 atom stereocenters. The van der Waals surface area contributed by atoms with Crippen molar-refractivity contribution in [2.24, 2.45) is 0 Å². The fraction of sp³-hybridized carbons (Fsp3) is 0.280. The van der Waals surface area contributed by atoms with E-state index in [1.165, 1.54) is 28.0 Å². The van der Waals surface area contributed by atoms with Gasteiger partial charge in [0.25, 0.3) is 11.8 Å². The molecule has 3 heterocycles. The fourth-order valence-electron chi connectivity index (χ4n) is 3.68. The number of aromatic nitrogens is 3. The summed E-state index contributed by atoms with van der Waals surface area (Å²) in [5, 5.41) is 12.0. The molecule has 0 bridgehead atoms. The first kappa shape index (κ1) is 24.3. The number of carbonyl (C=O) groups is 2. The Balaban J connectivity index is 1.61. The second kappa shape index (κ2) is 10.2. The molecule has 8 nitrogen and oxygen atoms in total. The van der Waals surface area contributed by atoms with E-state index in [1.54, 1.807) is 30.5 Å². The van der Waals surface area contributed by atoms with Crippen molar-refractivity contribution < 1.29 is 14.0 Å². The molecule has 0 unspecified atom stereocenters. The summed E-state index contributed by atoms with van der Waals surface area (Å²) in [5.74, 6) is -0.743. The van der Waals surface area contributed by atoms with Crippen LogP contribution in [0.1, 0.15) is 65.2 Å². The van der Waals surface area contributed by atoms with E-state index in [4.69, 9.17) is 5.73 Å². The molecular formula is C25H27FN6O2S. The zero-order valence-electron chi connectivity index (χ0n) is 19.7. The van der Waals surface area contributed by atoms with Gasteiger partial charge in [-0.3, -0.25) is 9.59 Å². The van der Waals surface area contributed by atoms with Crippen LogP contribution < -0.4 is 16.4 Å². The highest BCUT2D eigenvalue weighted by atomic mass is 32.1. The number of amides is 2. The van der Waals surface area contributed by atoms with Crippen LogP contribution in [0.25, 0.3) is 16.8 Å². The van der Waals surface area contributed by atoms with Gasteiger partial charge in [0.05, 0.1) is 16.5 Å². The van der Waals surface area contributed by atoms with Crippen LogP contribution in [0.3, 0.4) is 0 Å². The van der Waals surface area contributed by atoms with Gasteiger partial charge < -0.3 is 16.4 Å². The lowest BCUT2D eigenvalue weighted by molar-refractivity contribution is 0.0931. The smallest absolute Gasteiger partial charge is 0.261 e. The Morgan fingerprint density at radius 1 is 1.09 bits per heavy atom. The highest BCUT2D eigenvalue weighted by molar-refractivity contribution is 7.12. The molecule has 4 aromatic rings. The largest absolute Gasteiger partial charge is 0.366 e. The Morgan fingerprint density at radius 3 is 2.51 bits per heavy atom. The third-order valence-electron chi connectivity index (χ3n) is 5.83. The van der Waals surface area contributed by atoms with E-state index in [0.29, 0.717) is 28.1 Å². The number of nitrogens with zero attached hydrogens (tertiary/aromatic N) is 3. The van der Waals surface area contributed by atoms with E-state index in [9.17, 15) is 14.0 Å². The van der Waals surface area contributed by atoms with Crippen molar-refractivity contribution in [1.29, 1.82) is 0 Å². The van der Waals surface area contributed by atoms with E-state index >= 15 is 0 Å². The summed E-state index contributed by atoms with van der Waals surface area (Å²) in [7, 11) is 0. The average molecular weight is 495 g/mol. The first-order valence-electron chi connectivity index (χ1n) is 11.4. The lowest BCUT2D eigenvalue weighted by Gasteiger charge is -2.17. The summed E-state index contributed by atoms with van der Waals surface area (Å²) in [6.07, 6.45) is 3.18. The van der Waals surface area contributed by atoms with E-state index in [-0.39, 0.29) is 35.7 Å². The second-order valence-electron chi connectivity index (χ2n) is 8.35. The molecule has 0 spiro atoms. The minimum atomic E-state index is -0.318. The fourth-order valence-corrected chi connectivity index (χ4v) is 4.50. The van der Waals surface area contributed by atoms with Crippen LogP contribution in [0.4, 0.5) is 10.3 Å². The van der Waals surface area contributed by atoms with Gasteiger partial charge in [0.15, 0.2) is 5.65 Å². The van der Waals surface area contributed by atoms with Gasteiger partial charge in [-0.15, -0.1) is 16.4 Å². The molecule has 3 aromatic heterocycles. The summed E-state index contributed by atoms with van der Waals surface area (Å²) >= 11 is 1.30. The van der Waals surface area contributed by atoms with Gasteiger partial charge in [-0.25, -0.2) is 8.91 Å². The number of nitrogen functional groups attached to an aromatic ring is 1. The molecule has 0 saturated carbocycles. The van der Waals surface area contributed by atoms with Crippen LogP contribution in [0.15, 0.2) is 48.0 Å². The maximum Gasteiger partial charge on any atom is 0.261 e. The minimum absolute atomic E-state index is 0.00413. The summed E-state index contributed by atoms with van der Waals surface area (Å²) in [6.45, 7) is 5.87. The molecule has 0 saturated heterocycles. The Kier molecular flexibility index (Phi) is 7.11. The van der Waals surface area contributed by atoms with Crippen molar-refractivity contribution in [1.82, 2.24) is 25.2 Å². The number of pyridine rings is 1. The predicted octanol–water partition coefficient (Wildman–Crippen LogP) is 4.59. The number of benzene rings is 1. The van der Waals surface area contributed by atoms with Crippen molar-refractivity contribution in [3.63, 3.8) is 0 Å². The number of nitrogens with two attached hydrogens (primary N) is 1. The van der Waals surface area contributed by atoms with Gasteiger partial charge in [-0.2, -0.15) is 4.98 Å². The molecule has 4 N–H and O–H groups in total. The van der Waals surface area contributed by atoms with E-state index in [0.717, 1.165) is 17.5 Å². The third-order valence-corrected chi connectivity index (χ3v) is 6.76. The minimum Gasteiger partial charge on any atom is -0.366 e. The standard InChI is InChI=1S/C25H27FN6O2S/c1-4-14(3)28-23(33)19-10-16(12-32-22(19)30-25(27)31-32)17-11-21(35-13-17)24(34)29-20(5-2)15-6-8-18(26)9-7-15/h6-14,20H,4-5H2,1-3H3,(H2,27,31)(H,28,33)(H,29,34)/t14-,20-/m0/s1. The van der Waals surface area contributed by atoms with Gasteiger partial charge in [-0.1, -0.05) is 26.0 Å². The van der Waals surface area contributed by atoms with Gasteiger partial charge in [0.2, 0.25) is 5.95 Å². The molecule has 182 valence electrons. The highest BCUT2D eigenvalue weighted by Crippen LogP contribution is 2.28. The van der Waals surface area contributed by atoms with E-state index in [2.05, 4.69) is 20.7 Å². The summed E-state index contributed by atoms with van der Waals surface area (Å²) < 4.78 is 14.8. The zero-order valence-corrected chi connectivity index (χ0v) is 20.5. The van der Waals surface area contributed by atoms with Crippen LogP contribution >= 0.6 is 11.3 Å². The molecule has 0 aliphatic carbocycles. The molecule has 0 aliphatic heterocycles. The number of halogens is 1. The van der Waals surface area contributed by atoms with Gasteiger partial charge in [-0.05, 0) is 60.5 Å². The number of nitrogens with one attached hydrogen (secondary N) is 2. The topological polar surface area (TPSA) is 114 Å². The first-order chi connectivity index (χ1) is 16.8. The third kappa shape index (κ3) is 5.32. The van der Waals surface area contributed by atoms with Crippen molar-refractivity contribution in [3.8, 4) is 11.1 Å². The van der Waals surface area contributed by atoms with Crippen molar-refractivity contribution in [2.75, 3.05) is 5.73 Å². The van der Waals surface area contributed by atoms with E-state index < -0.39 is 0 Å². The van der Waals surface area contributed by atoms with Crippen LogP contribution in [0.5, 0.6) is 0 Å². The highest BCUT2D eigenvalue weighted by Gasteiger charge is 2.20. The van der Waals surface area contributed by atoms with Gasteiger partial charge in [0.1, 0.15) is 5.82 Å². The van der Waals surface area contributed by atoms with E-state index in [1.807, 2.05) is 26.2 Å². The molecule has 0 fully saturated rings. The van der Waals surface area contributed by atoms with Crippen molar-refractivity contribution >= 4 is 34.7 Å². The second-order valence-corrected chi connectivity index (χ2v) is 9.26. The zero-order chi connectivity index (χ0) is 25.1. The first-order valence-corrected chi connectivity index (χ1v) is 12.3. The SMILES string of the molecule is CC[C@H](NC(=O)c1cc(-c2cc(C(=O)N[C@@H](C)CC)c3nc(N)nn3c2)cs1)c1ccc(F)cc1. The number of anilines is 1. The normalized spacial score (nSPS) is 12.9. The maximum atomic E-state index is 13.3.